The average Bonchev–Trinajstić information content (AvgIpc) is 4.09. The number of nitrogens with zero attached hydrogens (tertiary/aromatic N) is 1. The number of Topliss-reactive ketones (excluding diaryl/α,β-unsaturated/α-hetero) is 2. The van der Waals surface area contributed by atoms with E-state index in [1.165, 1.54) is 6.08 Å². The number of aryl methyl sites for hydroxylation is 2. The van der Waals surface area contributed by atoms with Crippen molar-refractivity contribution >= 4 is 70.5 Å². The lowest BCUT2D eigenvalue weighted by atomic mass is 9.88. The number of hydroxylamine groups is 2. The molecular formula is C56H74ClN5O13. The highest BCUT2D eigenvalue weighted by atomic mass is 35.5. The number of amides is 6. The number of ether oxygens (including phenoxy) is 2. The molecule has 5 rings (SSSR count). The van der Waals surface area contributed by atoms with Gasteiger partial charge in [-0.15, -0.1) is 5.06 Å². The summed E-state index contributed by atoms with van der Waals surface area (Å²) in [5, 5.41) is 12.3. The summed E-state index contributed by atoms with van der Waals surface area (Å²) in [4.78, 5) is 135. The van der Waals surface area contributed by atoms with Crippen LogP contribution in [0.2, 0.25) is 5.02 Å². The minimum atomic E-state index is -1.15. The van der Waals surface area contributed by atoms with Gasteiger partial charge in [0.2, 0.25) is 23.6 Å². The van der Waals surface area contributed by atoms with E-state index in [1.807, 2.05) is 64.1 Å². The van der Waals surface area contributed by atoms with Gasteiger partial charge in [0.15, 0.2) is 5.78 Å². The summed E-state index contributed by atoms with van der Waals surface area (Å²) in [7, 11) is 0. The van der Waals surface area contributed by atoms with Crippen molar-refractivity contribution in [2.75, 3.05) is 6.54 Å². The molecule has 0 radical (unpaired) electrons. The molecule has 0 spiro atoms. The van der Waals surface area contributed by atoms with Crippen LogP contribution < -0.4 is 21.3 Å². The van der Waals surface area contributed by atoms with Gasteiger partial charge in [-0.25, -0.2) is 9.59 Å². The summed E-state index contributed by atoms with van der Waals surface area (Å²) < 4.78 is 12.4. The second kappa shape index (κ2) is 27.0. The number of benzene rings is 2. The van der Waals surface area contributed by atoms with Crippen molar-refractivity contribution in [3.8, 4) is 0 Å². The molecule has 3 aliphatic rings. The van der Waals surface area contributed by atoms with Crippen LogP contribution in [0, 0.1) is 36.0 Å². The summed E-state index contributed by atoms with van der Waals surface area (Å²) in [6.07, 6.45) is 2.30. The van der Waals surface area contributed by atoms with Gasteiger partial charge in [-0.2, -0.15) is 0 Å². The van der Waals surface area contributed by atoms with Crippen molar-refractivity contribution in [2.24, 2.45) is 29.1 Å². The SMILES string of the molecule is Cc1ccc(C[C@H]2NC(=O)/C=C/C[C@@H]([C@H](C)[C@H]3O[C@@H]3c3ccc(CCC(=O)[C@H](C)NC(=O)[C@@H](CC(=O)CCCC(=O)ON4C(=O)CCC4=O)C(C)C)cc3)OC(=O)[C@H](CC(C)C)NC(=O)C(C)(C)CNC2=O)cc1Cl. The lowest BCUT2D eigenvalue weighted by Crippen LogP contribution is -2.54. The largest absolute Gasteiger partial charge is 0.460 e. The van der Waals surface area contributed by atoms with Gasteiger partial charge in [0.1, 0.15) is 30.1 Å². The van der Waals surface area contributed by atoms with Crippen molar-refractivity contribution in [3.63, 3.8) is 0 Å². The standard InChI is InChI=1S/C56H74ClN5O13/c1-31(2)26-43-54(71)73-45(13-11-14-46(65)60-42(28-37-17-16-33(5)41(57)27-37)53(70)58-30-56(8,9)55(72)61-43)34(6)50-51(74-50)38-21-18-36(19-22-38)20-23-44(64)35(7)59-52(69)40(32(3)4)29-39(63)12-10-15-49(68)75-62-47(66)24-25-48(62)67/h11,14,16-19,21-22,27,31-32,34-35,40,42-43,45,50-51H,10,12-13,15,20,23-26,28-30H2,1-9H3,(H,58,70)(H,59,69)(H,60,65)(H,61,72)/b14-11+/t34-,35-,40-,42+,43-,45-,50+,51+/m0/s1. The molecule has 6 amide bonds. The smallest absolute Gasteiger partial charge is 0.333 e. The van der Waals surface area contributed by atoms with Gasteiger partial charge in [-0.3, -0.25) is 38.4 Å². The molecule has 2 aromatic carbocycles. The molecule has 18 nitrogen and oxygen atoms in total. The van der Waals surface area contributed by atoms with Crippen LogP contribution in [0.4, 0.5) is 0 Å². The first-order chi connectivity index (χ1) is 35.3. The number of halogens is 1. The average molecular weight is 1060 g/mol. The van der Waals surface area contributed by atoms with Gasteiger partial charge in [-0.05, 0) is 93.2 Å². The number of esters is 1. The van der Waals surface area contributed by atoms with Crippen molar-refractivity contribution in [3.05, 3.63) is 81.9 Å². The molecule has 19 heteroatoms. The van der Waals surface area contributed by atoms with E-state index in [-0.39, 0.29) is 106 Å². The topological polar surface area (TPSA) is 253 Å². The number of carbonyl (C=O) groups excluding carboxylic acids is 10. The Balaban J connectivity index is 1.17. The lowest BCUT2D eigenvalue weighted by Gasteiger charge is -2.30. The molecule has 0 aliphatic carbocycles. The summed E-state index contributed by atoms with van der Waals surface area (Å²) >= 11 is 6.39. The maximum atomic E-state index is 14.0. The molecule has 0 bridgehead atoms. The molecule has 2 aromatic rings. The van der Waals surface area contributed by atoms with Gasteiger partial charge >= 0.3 is 11.9 Å². The van der Waals surface area contributed by atoms with E-state index in [9.17, 15) is 47.9 Å². The Labute approximate surface area is 444 Å². The Bertz CT molecular complexity index is 2470. The van der Waals surface area contributed by atoms with Crippen LogP contribution in [0.5, 0.6) is 0 Å². The number of ketones is 2. The van der Waals surface area contributed by atoms with Crippen LogP contribution in [-0.4, -0.2) is 101 Å². The summed E-state index contributed by atoms with van der Waals surface area (Å²) in [5.41, 5.74) is 2.19. The number of epoxide rings is 1. The van der Waals surface area contributed by atoms with E-state index < -0.39 is 82.9 Å². The molecule has 3 aliphatic heterocycles. The fourth-order valence-corrected chi connectivity index (χ4v) is 9.07. The second-order valence-electron chi connectivity index (χ2n) is 21.5. The summed E-state index contributed by atoms with van der Waals surface area (Å²) in [6.45, 7) is 16.1. The minimum Gasteiger partial charge on any atom is -0.460 e. The highest BCUT2D eigenvalue weighted by molar-refractivity contribution is 6.31. The van der Waals surface area contributed by atoms with Crippen molar-refractivity contribution in [1.29, 1.82) is 0 Å². The molecule has 0 aromatic heterocycles. The van der Waals surface area contributed by atoms with Gasteiger partial charge in [0.25, 0.3) is 11.8 Å². The molecule has 2 saturated heterocycles. The van der Waals surface area contributed by atoms with Gasteiger partial charge < -0.3 is 35.6 Å². The molecule has 3 heterocycles. The first kappa shape index (κ1) is 59.6. The van der Waals surface area contributed by atoms with E-state index in [2.05, 4.69) is 21.3 Å². The van der Waals surface area contributed by atoms with E-state index in [0.29, 0.717) is 22.9 Å². The molecule has 75 heavy (non-hydrogen) atoms. The number of hydrogen-bond acceptors (Lipinski definition) is 13. The Morgan fingerprint density at radius 3 is 2.17 bits per heavy atom. The van der Waals surface area contributed by atoms with Crippen LogP contribution in [0.25, 0.3) is 0 Å². The Morgan fingerprint density at radius 1 is 0.867 bits per heavy atom. The monoisotopic (exact) mass is 1060 g/mol. The maximum Gasteiger partial charge on any atom is 0.333 e. The predicted octanol–water partition coefficient (Wildman–Crippen LogP) is 6.01. The molecule has 0 unspecified atom stereocenters. The molecule has 2 fully saturated rings. The fourth-order valence-electron chi connectivity index (χ4n) is 8.87. The normalized spacial score (nSPS) is 23.1. The minimum absolute atomic E-state index is 0.0110. The quantitative estimate of drug-likeness (QED) is 0.0636. The third kappa shape index (κ3) is 17.7. The third-order valence-electron chi connectivity index (χ3n) is 13.9. The number of hydrogen-bond donors (Lipinski definition) is 4. The van der Waals surface area contributed by atoms with E-state index >= 15 is 0 Å². The molecule has 408 valence electrons. The van der Waals surface area contributed by atoms with Crippen LogP contribution in [0.1, 0.15) is 142 Å². The Kier molecular flexibility index (Phi) is 21.4. The maximum absolute atomic E-state index is 14.0. The van der Waals surface area contributed by atoms with Crippen molar-refractivity contribution in [1.82, 2.24) is 26.3 Å². The van der Waals surface area contributed by atoms with Crippen LogP contribution in [0.15, 0.2) is 54.6 Å². The zero-order valence-electron chi connectivity index (χ0n) is 44.6. The van der Waals surface area contributed by atoms with E-state index in [4.69, 9.17) is 25.9 Å². The number of rotatable bonds is 21. The van der Waals surface area contributed by atoms with Crippen LogP contribution >= 0.6 is 11.6 Å². The van der Waals surface area contributed by atoms with Crippen molar-refractivity contribution < 1.29 is 62.3 Å². The molecule has 0 saturated carbocycles. The number of nitrogens with one attached hydrogen (secondary N) is 4. The van der Waals surface area contributed by atoms with Gasteiger partial charge in [0.05, 0.1) is 17.6 Å². The predicted molar refractivity (Wildman–Crippen MR) is 277 cm³/mol. The molecule has 8 atom stereocenters. The summed E-state index contributed by atoms with van der Waals surface area (Å²) in [5.74, 6) is -6.26. The van der Waals surface area contributed by atoms with E-state index in [0.717, 1.165) is 22.3 Å². The fraction of sp³-hybridized carbons (Fsp3) is 0.571. The zero-order valence-corrected chi connectivity index (χ0v) is 45.3. The number of carbonyl (C=O) groups is 10. The first-order valence-corrected chi connectivity index (χ1v) is 26.4. The number of cyclic esters (lactones) is 1. The first-order valence-electron chi connectivity index (χ1n) is 26.0. The van der Waals surface area contributed by atoms with Crippen LogP contribution in [0.3, 0.4) is 0 Å². The Morgan fingerprint density at radius 2 is 1.53 bits per heavy atom. The zero-order chi connectivity index (χ0) is 55.3. The Hall–Kier alpha value is -6.27. The molecular weight excluding hydrogens is 986 g/mol. The van der Waals surface area contributed by atoms with Crippen LogP contribution in [-0.2, 0) is 75.1 Å². The van der Waals surface area contributed by atoms with Gasteiger partial charge in [0, 0.05) is 74.8 Å². The molecule has 4 N–H and O–H groups in total. The highest BCUT2D eigenvalue weighted by Gasteiger charge is 2.48. The highest BCUT2D eigenvalue weighted by Crippen LogP contribution is 2.45. The van der Waals surface area contributed by atoms with Gasteiger partial charge in [-0.1, -0.05) is 88.7 Å². The van der Waals surface area contributed by atoms with E-state index in [1.54, 1.807) is 46.8 Å². The number of imide groups is 1. The van der Waals surface area contributed by atoms with Crippen molar-refractivity contribution in [2.45, 2.75) is 169 Å². The summed E-state index contributed by atoms with van der Waals surface area (Å²) in [6, 6.07) is 10.2. The second-order valence-corrected chi connectivity index (χ2v) is 21.9. The third-order valence-corrected chi connectivity index (χ3v) is 14.3. The lowest BCUT2D eigenvalue weighted by molar-refractivity contribution is -0.197.